The van der Waals surface area contributed by atoms with Gasteiger partial charge in [0, 0.05) is 0 Å². The van der Waals surface area contributed by atoms with E-state index in [2.05, 4.69) is 0 Å². The van der Waals surface area contributed by atoms with Crippen molar-refractivity contribution in [1.82, 2.24) is 0 Å². The number of carbonyl (C=O) groups is 1. The molecule has 2 rings (SSSR count). The highest BCUT2D eigenvalue weighted by molar-refractivity contribution is 6.36. The smallest absolute Gasteiger partial charge is 0.339 e. The highest BCUT2D eigenvalue weighted by atomic mass is 35.5. The van der Waals surface area contributed by atoms with Crippen molar-refractivity contribution in [3.05, 3.63) is 34.5 Å². The second-order valence-corrected chi connectivity index (χ2v) is 3.36. The Morgan fingerprint density at radius 3 is 2.86 bits per heavy atom. The van der Waals surface area contributed by atoms with Crippen molar-refractivity contribution in [2.75, 3.05) is 0 Å². The largest absolute Gasteiger partial charge is 0.478 e. The predicted molar refractivity (Wildman–Crippen MR) is 52.9 cm³/mol. The van der Waals surface area contributed by atoms with E-state index < -0.39 is 5.97 Å². The van der Waals surface area contributed by atoms with E-state index in [9.17, 15) is 4.79 Å². The van der Waals surface area contributed by atoms with E-state index in [1.165, 1.54) is 0 Å². The Kier molecular flexibility index (Phi) is 1.97. The number of fused-ring (bicyclic) bond motifs is 1. The van der Waals surface area contributed by atoms with Crippen molar-refractivity contribution in [3.63, 3.8) is 0 Å². The number of benzene rings is 1. The molecule has 0 saturated carbocycles. The predicted octanol–water partition coefficient (Wildman–Crippen LogP) is 3.09. The summed E-state index contributed by atoms with van der Waals surface area (Å²) in [5.41, 5.74) is 0.651. The molecule has 0 bridgehead atoms. The van der Waals surface area contributed by atoms with Crippen LogP contribution in [0.25, 0.3) is 11.0 Å². The lowest BCUT2D eigenvalue weighted by atomic mass is 10.1. The summed E-state index contributed by atoms with van der Waals surface area (Å²) in [5.74, 6) is -0.644. The topological polar surface area (TPSA) is 50.4 Å². The number of furan rings is 1. The number of hydrogen-bond acceptors (Lipinski definition) is 2. The lowest BCUT2D eigenvalue weighted by molar-refractivity contribution is 0.0697. The molecule has 0 aliphatic rings. The van der Waals surface area contributed by atoms with Crippen LogP contribution in [0.2, 0.25) is 5.02 Å². The second kappa shape index (κ2) is 3.03. The highest BCUT2D eigenvalue weighted by Gasteiger charge is 2.18. The molecule has 0 unspecified atom stereocenters. The minimum atomic E-state index is -1.02. The third-order valence-corrected chi connectivity index (χ3v) is 2.37. The van der Waals surface area contributed by atoms with Gasteiger partial charge in [-0.05, 0) is 19.1 Å². The standard InChI is InChI=1S/C10H7ClO3/c1-5-8(10(12)13)9-6(11)3-2-4-7(9)14-5/h2-4H,1H3,(H,12,13). The first-order valence-electron chi connectivity index (χ1n) is 4.02. The monoisotopic (exact) mass is 210 g/mol. The average Bonchev–Trinajstić information content (AvgIpc) is 2.42. The van der Waals surface area contributed by atoms with E-state index >= 15 is 0 Å². The number of halogens is 1. The molecule has 3 nitrogen and oxygen atoms in total. The first-order chi connectivity index (χ1) is 6.61. The molecule has 2 aromatic rings. The number of aromatic carboxylic acids is 1. The van der Waals surface area contributed by atoms with Crippen LogP contribution in [0.5, 0.6) is 0 Å². The van der Waals surface area contributed by atoms with Gasteiger partial charge in [-0.1, -0.05) is 17.7 Å². The molecule has 0 amide bonds. The van der Waals surface area contributed by atoms with Gasteiger partial charge in [0.25, 0.3) is 0 Å². The minimum absolute atomic E-state index is 0.144. The van der Waals surface area contributed by atoms with Gasteiger partial charge in [0.2, 0.25) is 0 Å². The zero-order valence-electron chi connectivity index (χ0n) is 7.37. The fourth-order valence-electron chi connectivity index (χ4n) is 1.48. The van der Waals surface area contributed by atoms with Crippen molar-refractivity contribution >= 4 is 28.5 Å². The van der Waals surface area contributed by atoms with Crippen molar-refractivity contribution < 1.29 is 14.3 Å². The molecule has 1 heterocycles. The molecule has 0 radical (unpaired) electrons. The number of aryl methyl sites for hydroxylation is 1. The van der Waals surface area contributed by atoms with Crippen LogP contribution in [0.1, 0.15) is 16.1 Å². The van der Waals surface area contributed by atoms with E-state index in [0.29, 0.717) is 21.8 Å². The summed E-state index contributed by atoms with van der Waals surface area (Å²) in [6.45, 7) is 1.61. The van der Waals surface area contributed by atoms with Gasteiger partial charge >= 0.3 is 5.97 Å². The zero-order valence-corrected chi connectivity index (χ0v) is 8.13. The average molecular weight is 211 g/mol. The molecule has 1 aromatic heterocycles. The summed E-state index contributed by atoms with van der Waals surface area (Å²) in [6, 6.07) is 5.06. The van der Waals surface area contributed by atoms with E-state index in [0.717, 1.165) is 0 Å². The van der Waals surface area contributed by atoms with Crippen LogP contribution in [0.15, 0.2) is 22.6 Å². The molecule has 0 atom stereocenters. The molecule has 1 N–H and O–H groups in total. The van der Waals surface area contributed by atoms with Crippen LogP contribution in [-0.4, -0.2) is 11.1 Å². The Hall–Kier alpha value is -1.48. The van der Waals surface area contributed by atoms with Crippen molar-refractivity contribution in [2.24, 2.45) is 0 Å². The lowest BCUT2D eigenvalue weighted by Crippen LogP contribution is -1.96. The van der Waals surface area contributed by atoms with Crippen LogP contribution in [0.4, 0.5) is 0 Å². The third-order valence-electron chi connectivity index (χ3n) is 2.05. The molecule has 0 aliphatic heterocycles. The SMILES string of the molecule is Cc1oc2cccc(Cl)c2c1C(=O)O. The lowest BCUT2D eigenvalue weighted by Gasteiger charge is -1.93. The number of rotatable bonds is 1. The first-order valence-corrected chi connectivity index (χ1v) is 4.40. The summed E-state index contributed by atoms with van der Waals surface area (Å²) in [6.07, 6.45) is 0. The van der Waals surface area contributed by atoms with E-state index in [4.69, 9.17) is 21.1 Å². The van der Waals surface area contributed by atoms with Gasteiger partial charge in [-0.25, -0.2) is 4.79 Å². The Bertz CT molecular complexity index is 513. The van der Waals surface area contributed by atoms with Crippen LogP contribution in [-0.2, 0) is 0 Å². The summed E-state index contributed by atoms with van der Waals surface area (Å²) >= 11 is 5.90. The number of carboxylic acid groups (broad SMARTS) is 1. The maximum atomic E-state index is 10.9. The summed E-state index contributed by atoms with van der Waals surface area (Å²) < 4.78 is 5.28. The summed E-state index contributed by atoms with van der Waals surface area (Å²) in [7, 11) is 0. The van der Waals surface area contributed by atoms with Crippen LogP contribution in [0, 0.1) is 6.92 Å². The maximum Gasteiger partial charge on any atom is 0.339 e. The molecule has 1 aromatic carbocycles. The number of carboxylic acids is 1. The molecule has 0 saturated heterocycles. The Balaban J connectivity index is 2.93. The Morgan fingerprint density at radius 2 is 2.21 bits per heavy atom. The van der Waals surface area contributed by atoms with Gasteiger partial charge < -0.3 is 9.52 Å². The van der Waals surface area contributed by atoms with E-state index in [1.54, 1.807) is 25.1 Å². The van der Waals surface area contributed by atoms with Gasteiger partial charge in [0.15, 0.2) is 0 Å². The minimum Gasteiger partial charge on any atom is -0.478 e. The zero-order chi connectivity index (χ0) is 10.3. The highest BCUT2D eigenvalue weighted by Crippen LogP contribution is 2.31. The fourth-order valence-corrected chi connectivity index (χ4v) is 1.74. The van der Waals surface area contributed by atoms with Crippen LogP contribution >= 0.6 is 11.6 Å². The maximum absolute atomic E-state index is 10.9. The van der Waals surface area contributed by atoms with Gasteiger partial charge in [-0.15, -0.1) is 0 Å². The molecule has 72 valence electrons. The Morgan fingerprint density at radius 1 is 1.50 bits per heavy atom. The fraction of sp³-hybridized carbons (Fsp3) is 0.100. The van der Waals surface area contributed by atoms with Crippen LogP contribution in [0.3, 0.4) is 0 Å². The summed E-state index contributed by atoms with van der Waals surface area (Å²) in [5, 5.41) is 9.83. The van der Waals surface area contributed by atoms with E-state index in [-0.39, 0.29) is 5.56 Å². The molecular formula is C10H7ClO3. The van der Waals surface area contributed by atoms with Crippen molar-refractivity contribution in [3.8, 4) is 0 Å². The third kappa shape index (κ3) is 1.17. The second-order valence-electron chi connectivity index (χ2n) is 2.95. The first kappa shape index (κ1) is 9.09. The normalized spacial score (nSPS) is 10.7. The number of hydrogen-bond donors (Lipinski definition) is 1. The van der Waals surface area contributed by atoms with Crippen molar-refractivity contribution in [1.29, 1.82) is 0 Å². The van der Waals surface area contributed by atoms with Gasteiger partial charge in [-0.2, -0.15) is 0 Å². The molecule has 14 heavy (non-hydrogen) atoms. The van der Waals surface area contributed by atoms with Gasteiger partial charge in [-0.3, -0.25) is 0 Å². The van der Waals surface area contributed by atoms with Gasteiger partial charge in [0.05, 0.1) is 10.4 Å². The quantitative estimate of drug-likeness (QED) is 0.787. The summed E-state index contributed by atoms with van der Waals surface area (Å²) in [4.78, 5) is 10.9. The van der Waals surface area contributed by atoms with Gasteiger partial charge in [0.1, 0.15) is 16.9 Å². The molecular weight excluding hydrogens is 204 g/mol. The Labute approximate surface area is 84.9 Å². The van der Waals surface area contributed by atoms with E-state index in [1.807, 2.05) is 0 Å². The molecule has 0 fully saturated rings. The molecule has 4 heteroatoms. The van der Waals surface area contributed by atoms with Crippen LogP contribution < -0.4 is 0 Å². The molecule has 0 spiro atoms. The van der Waals surface area contributed by atoms with Crippen molar-refractivity contribution in [2.45, 2.75) is 6.92 Å². The molecule has 0 aliphatic carbocycles.